The molecular weight excluding hydrogens is 218 g/mol. The molecule has 0 spiro atoms. The summed E-state index contributed by atoms with van der Waals surface area (Å²) in [5.41, 5.74) is 8.82. The lowest BCUT2D eigenvalue weighted by atomic mass is 10.3. The first-order valence-corrected chi connectivity index (χ1v) is 5.06. The van der Waals surface area contributed by atoms with Crippen LogP contribution in [0.15, 0.2) is 24.7 Å². The van der Waals surface area contributed by atoms with Gasteiger partial charge in [-0.3, -0.25) is 10.1 Å². The van der Waals surface area contributed by atoms with Crippen LogP contribution in [-0.4, -0.2) is 29.5 Å². The Morgan fingerprint density at radius 2 is 2.12 bits per heavy atom. The fourth-order valence-electron chi connectivity index (χ4n) is 2.01. The van der Waals surface area contributed by atoms with Gasteiger partial charge in [0.25, 0.3) is 5.78 Å². The molecule has 0 aliphatic carbocycles. The number of hydrogen-bond acceptors (Lipinski definition) is 5. The van der Waals surface area contributed by atoms with Gasteiger partial charge in [0, 0.05) is 6.20 Å². The minimum Gasteiger partial charge on any atom is -0.382 e. The monoisotopic (exact) mass is 225 g/mol. The normalized spacial score (nSPS) is 11.8. The molecule has 4 aromatic rings. The summed E-state index contributed by atoms with van der Waals surface area (Å²) in [6.07, 6.45) is 3.29. The Morgan fingerprint density at radius 1 is 1.18 bits per heavy atom. The first-order chi connectivity index (χ1) is 8.34. The molecule has 0 unspecified atom stereocenters. The van der Waals surface area contributed by atoms with Crippen molar-refractivity contribution in [3.8, 4) is 0 Å². The molecule has 0 atom stereocenters. The Balaban J connectivity index is 2.43. The quantitative estimate of drug-likeness (QED) is 0.460. The number of aromatic nitrogens is 6. The van der Waals surface area contributed by atoms with Crippen LogP contribution in [0.3, 0.4) is 0 Å². The summed E-state index contributed by atoms with van der Waals surface area (Å²) in [5.74, 6) is 0.950. The van der Waals surface area contributed by atoms with Crippen molar-refractivity contribution in [1.29, 1.82) is 0 Å². The molecule has 0 aliphatic rings. The van der Waals surface area contributed by atoms with Gasteiger partial charge in [-0.25, -0.2) is 19.5 Å². The van der Waals surface area contributed by atoms with Gasteiger partial charge in [0.2, 0.25) is 0 Å². The second-order valence-electron chi connectivity index (χ2n) is 3.70. The maximum absolute atomic E-state index is 5.89. The highest BCUT2D eigenvalue weighted by Gasteiger charge is 2.14. The number of H-pyrrole nitrogens is 1. The summed E-state index contributed by atoms with van der Waals surface area (Å²) < 4.78 is 1.75. The molecule has 0 amide bonds. The summed E-state index contributed by atoms with van der Waals surface area (Å²) in [6, 6.07) is 3.69. The van der Waals surface area contributed by atoms with E-state index in [2.05, 4.69) is 25.0 Å². The third-order valence-electron chi connectivity index (χ3n) is 2.72. The Hall–Kier alpha value is -2.70. The summed E-state index contributed by atoms with van der Waals surface area (Å²) in [7, 11) is 0. The second-order valence-corrected chi connectivity index (χ2v) is 3.70. The highest BCUT2D eigenvalue weighted by molar-refractivity contribution is 6.05. The molecule has 7 heteroatoms. The van der Waals surface area contributed by atoms with Crippen LogP contribution in [0, 0.1) is 0 Å². The summed E-state index contributed by atoms with van der Waals surface area (Å²) >= 11 is 0. The number of rotatable bonds is 0. The van der Waals surface area contributed by atoms with E-state index in [9.17, 15) is 0 Å². The molecule has 0 bridgehead atoms. The molecule has 4 rings (SSSR count). The predicted molar refractivity (Wildman–Crippen MR) is 62.4 cm³/mol. The summed E-state index contributed by atoms with van der Waals surface area (Å²) in [5, 5.41) is 2.98. The van der Waals surface area contributed by atoms with E-state index < -0.39 is 0 Å². The molecule has 0 aromatic carbocycles. The number of nitrogens with one attached hydrogen (secondary N) is 1. The average molecular weight is 225 g/mol. The molecule has 0 radical (unpaired) electrons. The van der Waals surface area contributed by atoms with E-state index in [1.165, 1.54) is 0 Å². The maximum atomic E-state index is 5.89. The fourth-order valence-corrected chi connectivity index (χ4v) is 2.01. The molecule has 4 aromatic heterocycles. The van der Waals surface area contributed by atoms with Crippen molar-refractivity contribution in [3.63, 3.8) is 0 Å². The predicted octanol–water partition coefficient (Wildman–Crippen LogP) is 0.736. The number of pyridine rings is 2. The van der Waals surface area contributed by atoms with E-state index in [1.54, 1.807) is 17.0 Å². The third-order valence-corrected chi connectivity index (χ3v) is 2.72. The van der Waals surface area contributed by atoms with Crippen LogP contribution in [0.4, 0.5) is 5.82 Å². The van der Waals surface area contributed by atoms with Gasteiger partial charge in [0.1, 0.15) is 22.9 Å². The molecule has 0 aliphatic heterocycles. The summed E-state index contributed by atoms with van der Waals surface area (Å²) in [4.78, 5) is 17.0. The smallest absolute Gasteiger partial charge is 0.251 e. The first kappa shape index (κ1) is 8.45. The van der Waals surface area contributed by atoms with Crippen molar-refractivity contribution in [3.05, 3.63) is 24.7 Å². The zero-order valence-corrected chi connectivity index (χ0v) is 8.62. The molecule has 4 heterocycles. The molecule has 0 saturated carbocycles. The number of nitrogens with two attached hydrogens (primary N) is 1. The van der Waals surface area contributed by atoms with Gasteiger partial charge in [-0.1, -0.05) is 0 Å². The SMILES string of the molecule is Nc1nc2cccnc2c2c1nc1nc[nH]n12. The van der Waals surface area contributed by atoms with Crippen molar-refractivity contribution < 1.29 is 0 Å². The van der Waals surface area contributed by atoms with Gasteiger partial charge >= 0.3 is 0 Å². The van der Waals surface area contributed by atoms with Crippen molar-refractivity contribution >= 4 is 33.7 Å². The van der Waals surface area contributed by atoms with Crippen molar-refractivity contribution in [1.82, 2.24) is 29.5 Å². The Labute approximate surface area is 94.3 Å². The van der Waals surface area contributed by atoms with E-state index in [0.717, 1.165) is 16.6 Å². The number of aromatic amines is 1. The third kappa shape index (κ3) is 0.949. The van der Waals surface area contributed by atoms with Gasteiger partial charge < -0.3 is 5.73 Å². The van der Waals surface area contributed by atoms with Crippen LogP contribution in [0.25, 0.3) is 27.8 Å². The topological polar surface area (TPSA) is 97.8 Å². The van der Waals surface area contributed by atoms with Crippen LogP contribution < -0.4 is 5.73 Å². The van der Waals surface area contributed by atoms with E-state index in [-0.39, 0.29) is 0 Å². The van der Waals surface area contributed by atoms with E-state index >= 15 is 0 Å². The Kier molecular flexibility index (Phi) is 1.34. The number of hydrogen-bond donors (Lipinski definition) is 2. The number of imidazole rings is 1. The van der Waals surface area contributed by atoms with Crippen LogP contribution in [0.1, 0.15) is 0 Å². The van der Waals surface area contributed by atoms with E-state index in [1.807, 2.05) is 12.1 Å². The molecule has 0 fully saturated rings. The standard InChI is InChI=1S/C10H7N7/c11-9-7-8(17-10(16-7)13-4-14-17)6-5(15-9)2-1-3-12-6/h1-4H,(H2,11,15)(H,13,14,16). The summed E-state index contributed by atoms with van der Waals surface area (Å²) in [6.45, 7) is 0. The number of anilines is 1. The lowest BCUT2D eigenvalue weighted by Gasteiger charge is -2.00. The number of nitrogen functional groups attached to an aromatic ring is 1. The van der Waals surface area contributed by atoms with Gasteiger partial charge in [0.15, 0.2) is 5.82 Å². The van der Waals surface area contributed by atoms with Crippen LogP contribution in [0.2, 0.25) is 0 Å². The van der Waals surface area contributed by atoms with Gasteiger partial charge in [0.05, 0.1) is 5.52 Å². The van der Waals surface area contributed by atoms with E-state index in [0.29, 0.717) is 17.1 Å². The number of fused-ring (bicyclic) bond motifs is 5. The van der Waals surface area contributed by atoms with Crippen molar-refractivity contribution in [2.75, 3.05) is 5.73 Å². The molecule has 82 valence electrons. The zero-order valence-electron chi connectivity index (χ0n) is 8.62. The van der Waals surface area contributed by atoms with E-state index in [4.69, 9.17) is 5.73 Å². The maximum Gasteiger partial charge on any atom is 0.251 e. The van der Waals surface area contributed by atoms with Crippen molar-refractivity contribution in [2.24, 2.45) is 0 Å². The fraction of sp³-hybridized carbons (Fsp3) is 0. The molecule has 17 heavy (non-hydrogen) atoms. The van der Waals surface area contributed by atoms with Gasteiger partial charge in [-0.2, -0.15) is 0 Å². The lowest BCUT2D eigenvalue weighted by molar-refractivity contribution is 1.01. The molecule has 0 saturated heterocycles. The zero-order chi connectivity index (χ0) is 11.4. The van der Waals surface area contributed by atoms with Crippen LogP contribution in [-0.2, 0) is 0 Å². The van der Waals surface area contributed by atoms with Gasteiger partial charge in [-0.05, 0) is 12.1 Å². The molecule has 3 N–H and O–H groups in total. The minimum absolute atomic E-state index is 0.388. The molecule has 7 nitrogen and oxygen atoms in total. The highest BCUT2D eigenvalue weighted by Crippen LogP contribution is 2.25. The Morgan fingerprint density at radius 3 is 3.06 bits per heavy atom. The average Bonchev–Trinajstić information content (AvgIpc) is 2.89. The number of nitrogens with zero attached hydrogens (tertiary/aromatic N) is 5. The minimum atomic E-state index is 0.388. The van der Waals surface area contributed by atoms with Gasteiger partial charge in [-0.15, -0.1) is 0 Å². The first-order valence-electron chi connectivity index (χ1n) is 5.06. The molecular formula is C10H7N7. The largest absolute Gasteiger partial charge is 0.382 e. The lowest BCUT2D eigenvalue weighted by Crippen LogP contribution is -1.95. The van der Waals surface area contributed by atoms with Crippen molar-refractivity contribution in [2.45, 2.75) is 0 Å². The Bertz CT molecular complexity index is 857. The second kappa shape index (κ2) is 2.70. The van der Waals surface area contributed by atoms with Crippen LogP contribution >= 0.6 is 0 Å². The highest BCUT2D eigenvalue weighted by atomic mass is 15.3. The van der Waals surface area contributed by atoms with Crippen LogP contribution in [0.5, 0.6) is 0 Å².